The molecule has 0 bridgehead atoms. The first kappa shape index (κ1) is 19.1. The fraction of sp³-hybridized carbons (Fsp3) is 0.263. The number of pyridine rings is 1. The lowest BCUT2D eigenvalue weighted by Crippen LogP contribution is -2.34. The highest BCUT2D eigenvalue weighted by molar-refractivity contribution is 5.96. The largest absolute Gasteiger partial charge is 0.481 e. The Morgan fingerprint density at radius 1 is 1.15 bits per heavy atom. The number of benzene rings is 1. The highest BCUT2D eigenvalue weighted by Crippen LogP contribution is 2.11. The molecule has 1 heterocycles. The number of carboxylic acids is 1. The third-order valence-corrected chi connectivity index (χ3v) is 3.91. The van der Waals surface area contributed by atoms with Crippen molar-refractivity contribution in [3.8, 4) is 0 Å². The van der Waals surface area contributed by atoms with Gasteiger partial charge in [0.1, 0.15) is 5.69 Å². The Labute approximate surface area is 151 Å². The zero-order chi connectivity index (χ0) is 19.1. The van der Waals surface area contributed by atoms with Crippen molar-refractivity contribution in [3.05, 3.63) is 65.0 Å². The molecule has 2 amide bonds. The molecular formula is C19H21N3O4. The summed E-state index contributed by atoms with van der Waals surface area (Å²) in [6, 6.07) is 10.5. The van der Waals surface area contributed by atoms with Crippen LogP contribution < -0.4 is 10.6 Å². The summed E-state index contributed by atoms with van der Waals surface area (Å²) < 4.78 is 0. The molecule has 7 heteroatoms. The SMILES string of the molecule is CNC(=O)c1ccc(C(=O)NCC(Cc2cccc(C)c2)C(=O)O)cn1. The Morgan fingerprint density at radius 3 is 2.50 bits per heavy atom. The van der Waals surface area contributed by atoms with E-state index in [0.717, 1.165) is 11.1 Å². The summed E-state index contributed by atoms with van der Waals surface area (Å²) in [5.74, 6) is -2.49. The highest BCUT2D eigenvalue weighted by atomic mass is 16.4. The molecule has 1 aromatic heterocycles. The minimum Gasteiger partial charge on any atom is -0.481 e. The number of nitrogens with one attached hydrogen (secondary N) is 2. The lowest BCUT2D eigenvalue weighted by molar-refractivity contribution is -0.141. The molecule has 0 aliphatic carbocycles. The average Bonchev–Trinajstić information content (AvgIpc) is 2.64. The molecule has 26 heavy (non-hydrogen) atoms. The van der Waals surface area contributed by atoms with Gasteiger partial charge in [-0.15, -0.1) is 0 Å². The van der Waals surface area contributed by atoms with Gasteiger partial charge in [0.25, 0.3) is 11.8 Å². The maximum Gasteiger partial charge on any atom is 0.308 e. The predicted octanol–water partition coefficient (Wildman–Crippen LogP) is 1.42. The van der Waals surface area contributed by atoms with Gasteiger partial charge in [0.05, 0.1) is 11.5 Å². The number of carbonyl (C=O) groups is 3. The first-order valence-electron chi connectivity index (χ1n) is 8.15. The summed E-state index contributed by atoms with van der Waals surface area (Å²) in [5.41, 5.74) is 2.42. The van der Waals surface area contributed by atoms with Gasteiger partial charge >= 0.3 is 5.97 Å². The van der Waals surface area contributed by atoms with Gasteiger partial charge in [0.2, 0.25) is 0 Å². The minimum atomic E-state index is -0.972. The van der Waals surface area contributed by atoms with Gasteiger partial charge in [-0.25, -0.2) is 0 Å². The van der Waals surface area contributed by atoms with E-state index in [4.69, 9.17) is 0 Å². The maximum absolute atomic E-state index is 12.2. The van der Waals surface area contributed by atoms with Gasteiger partial charge < -0.3 is 15.7 Å². The first-order chi connectivity index (χ1) is 12.4. The molecule has 1 unspecified atom stereocenters. The summed E-state index contributed by atoms with van der Waals surface area (Å²) in [7, 11) is 1.49. The van der Waals surface area contributed by atoms with Crippen LogP contribution in [-0.4, -0.2) is 41.5 Å². The van der Waals surface area contributed by atoms with E-state index in [1.54, 1.807) is 0 Å². The van der Waals surface area contributed by atoms with Crippen molar-refractivity contribution >= 4 is 17.8 Å². The number of carbonyl (C=O) groups excluding carboxylic acids is 2. The molecule has 7 nitrogen and oxygen atoms in total. The summed E-state index contributed by atoms with van der Waals surface area (Å²) >= 11 is 0. The molecule has 0 fully saturated rings. The van der Waals surface area contributed by atoms with E-state index >= 15 is 0 Å². The monoisotopic (exact) mass is 355 g/mol. The van der Waals surface area contributed by atoms with Gasteiger partial charge in [0, 0.05) is 19.8 Å². The van der Waals surface area contributed by atoms with Crippen molar-refractivity contribution in [3.63, 3.8) is 0 Å². The molecule has 1 atom stereocenters. The summed E-state index contributed by atoms with van der Waals surface area (Å²) in [5, 5.41) is 14.5. The van der Waals surface area contributed by atoms with Gasteiger partial charge in [-0.05, 0) is 31.0 Å². The Bertz CT molecular complexity index is 803. The molecule has 3 N–H and O–H groups in total. The Morgan fingerprint density at radius 2 is 1.92 bits per heavy atom. The zero-order valence-electron chi connectivity index (χ0n) is 14.7. The van der Waals surface area contributed by atoms with E-state index < -0.39 is 17.8 Å². The molecule has 0 saturated heterocycles. The van der Waals surface area contributed by atoms with Crippen LogP contribution in [0, 0.1) is 12.8 Å². The zero-order valence-corrected chi connectivity index (χ0v) is 14.7. The Kier molecular flexibility index (Phi) is 6.43. The van der Waals surface area contributed by atoms with E-state index in [-0.39, 0.29) is 23.7 Å². The molecule has 0 radical (unpaired) electrons. The van der Waals surface area contributed by atoms with E-state index in [1.165, 1.54) is 25.4 Å². The Balaban J connectivity index is 1.98. The molecule has 0 saturated carbocycles. The van der Waals surface area contributed by atoms with Gasteiger partial charge in [0.15, 0.2) is 0 Å². The number of aromatic nitrogens is 1. The fourth-order valence-corrected chi connectivity index (χ4v) is 2.48. The topological polar surface area (TPSA) is 108 Å². The van der Waals surface area contributed by atoms with Crippen LogP contribution >= 0.6 is 0 Å². The van der Waals surface area contributed by atoms with Crippen LogP contribution in [0.25, 0.3) is 0 Å². The molecule has 1 aromatic carbocycles. The summed E-state index contributed by atoms with van der Waals surface area (Å²) in [4.78, 5) is 39.0. The van der Waals surface area contributed by atoms with Gasteiger partial charge in [-0.1, -0.05) is 29.8 Å². The van der Waals surface area contributed by atoms with Crippen LogP contribution in [0.4, 0.5) is 0 Å². The molecule has 2 rings (SSSR count). The number of nitrogens with zero attached hydrogens (tertiary/aromatic N) is 1. The normalized spacial score (nSPS) is 11.5. The third-order valence-electron chi connectivity index (χ3n) is 3.91. The number of aliphatic carboxylic acids is 1. The molecule has 136 valence electrons. The van der Waals surface area contributed by atoms with Crippen LogP contribution in [0.3, 0.4) is 0 Å². The second kappa shape index (κ2) is 8.75. The fourth-order valence-electron chi connectivity index (χ4n) is 2.48. The summed E-state index contributed by atoms with van der Waals surface area (Å²) in [6.45, 7) is 1.94. The van der Waals surface area contributed by atoms with Crippen molar-refractivity contribution in [2.75, 3.05) is 13.6 Å². The summed E-state index contributed by atoms with van der Waals surface area (Å²) in [6.07, 6.45) is 1.61. The van der Waals surface area contributed by atoms with Crippen LogP contribution in [0.2, 0.25) is 0 Å². The molecule has 0 aliphatic rings. The highest BCUT2D eigenvalue weighted by Gasteiger charge is 2.19. The lowest BCUT2D eigenvalue weighted by Gasteiger charge is -2.14. The van der Waals surface area contributed by atoms with E-state index in [2.05, 4.69) is 15.6 Å². The van der Waals surface area contributed by atoms with Crippen LogP contribution in [0.5, 0.6) is 0 Å². The van der Waals surface area contributed by atoms with E-state index in [0.29, 0.717) is 6.42 Å². The van der Waals surface area contributed by atoms with Gasteiger partial charge in [-0.2, -0.15) is 0 Å². The molecule has 2 aromatic rings. The van der Waals surface area contributed by atoms with Crippen molar-refractivity contribution < 1.29 is 19.5 Å². The maximum atomic E-state index is 12.2. The predicted molar refractivity (Wildman–Crippen MR) is 96.0 cm³/mol. The number of amides is 2. The Hall–Kier alpha value is -3.22. The quantitative estimate of drug-likeness (QED) is 0.696. The number of carboxylic acid groups (broad SMARTS) is 1. The number of hydrogen-bond acceptors (Lipinski definition) is 4. The second-order valence-corrected chi connectivity index (χ2v) is 5.95. The molecule has 0 aliphatic heterocycles. The minimum absolute atomic E-state index is 0.000688. The number of aryl methyl sites for hydroxylation is 1. The van der Waals surface area contributed by atoms with E-state index in [1.807, 2.05) is 31.2 Å². The van der Waals surface area contributed by atoms with Crippen LogP contribution in [-0.2, 0) is 11.2 Å². The third kappa shape index (κ3) is 5.14. The molecular weight excluding hydrogens is 334 g/mol. The second-order valence-electron chi connectivity index (χ2n) is 5.95. The van der Waals surface area contributed by atoms with Crippen molar-refractivity contribution in [1.29, 1.82) is 0 Å². The number of hydrogen-bond donors (Lipinski definition) is 3. The van der Waals surface area contributed by atoms with Gasteiger partial charge in [-0.3, -0.25) is 19.4 Å². The first-order valence-corrected chi connectivity index (χ1v) is 8.15. The molecule has 0 spiro atoms. The smallest absolute Gasteiger partial charge is 0.308 e. The van der Waals surface area contributed by atoms with Crippen LogP contribution in [0.15, 0.2) is 42.6 Å². The standard InChI is InChI=1S/C19H21N3O4/c1-12-4-3-5-13(8-12)9-15(19(25)26)11-22-17(23)14-6-7-16(21-10-14)18(24)20-2/h3-8,10,15H,9,11H2,1-2H3,(H,20,24)(H,22,23)(H,25,26). The van der Waals surface area contributed by atoms with Crippen LogP contribution in [0.1, 0.15) is 32.0 Å². The van der Waals surface area contributed by atoms with E-state index in [9.17, 15) is 19.5 Å². The van der Waals surface area contributed by atoms with Crippen molar-refractivity contribution in [2.45, 2.75) is 13.3 Å². The lowest BCUT2D eigenvalue weighted by atomic mass is 9.98. The number of rotatable bonds is 7. The average molecular weight is 355 g/mol. The van der Waals surface area contributed by atoms with Crippen molar-refractivity contribution in [2.24, 2.45) is 5.92 Å². The van der Waals surface area contributed by atoms with Crippen molar-refractivity contribution in [1.82, 2.24) is 15.6 Å².